The maximum atomic E-state index is 9.16. The van der Waals surface area contributed by atoms with Gasteiger partial charge >= 0.3 is 0 Å². The molecule has 0 saturated heterocycles. The van der Waals surface area contributed by atoms with Gasteiger partial charge in [-0.15, -0.1) is 0 Å². The molecule has 100 valence electrons. The second kappa shape index (κ2) is 15.0. The highest BCUT2D eigenvalue weighted by Gasteiger charge is 2.05. The van der Waals surface area contributed by atoms with Crippen molar-refractivity contribution in [3.8, 4) is 0 Å². The lowest BCUT2D eigenvalue weighted by Crippen LogP contribution is -2.09. The minimum absolute atomic E-state index is 0.0695. The average Bonchev–Trinajstić information content (AvgIpc) is 2.30. The van der Waals surface area contributed by atoms with Crippen molar-refractivity contribution in [1.29, 1.82) is 0 Å². The molecule has 0 aliphatic heterocycles. The van der Waals surface area contributed by atoms with Crippen LogP contribution < -0.4 is 0 Å². The molecule has 1 N–H and O–H groups in total. The molecule has 0 spiro atoms. The van der Waals surface area contributed by atoms with Crippen molar-refractivity contribution in [2.75, 3.05) is 0 Å². The first-order chi connectivity index (χ1) is 7.62. The zero-order valence-corrected chi connectivity index (χ0v) is 12.3. The first kappa shape index (κ1) is 18.3. The molecule has 0 aromatic heterocycles. The van der Waals surface area contributed by atoms with Crippen LogP contribution in [-0.4, -0.2) is 11.2 Å². The molecule has 0 aliphatic rings. The Hall–Kier alpha value is -0.0400. The Kier molecular flexibility index (Phi) is 17.1. The van der Waals surface area contributed by atoms with E-state index in [1.54, 1.807) is 0 Å². The van der Waals surface area contributed by atoms with Gasteiger partial charge in [-0.05, 0) is 18.8 Å². The summed E-state index contributed by atoms with van der Waals surface area (Å²) in [6.07, 6.45) is 9.98. The molecule has 1 nitrogen and oxygen atoms in total. The fourth-order valence-corrected chi connectivity index (χ4v) is 1.47. The Bertz CT molecular complexity index is 100. The number of aliphatic hydroxyl groups is 1. The summed E-state index contributed by atoms with van der Waals surface area (Å²) in [5.74, 6) is 0.681. The van der Waals surface area contributed by atoms with Gasteiger partial charge in [0, 0.05) is 0 Å². The number of rotatable bonds is 8. The molecular formula is C15H34O. The fourth-order valence-electron chi connectivity index (χ4n) is 1.47. The minimum atomic E-state index is -0.0695. The molecule has 0 radical (unpaired) electrons. The molecule has 16 heavy (non-hydrogen) atoms. The summed E-state index contributed by atoms with van der Waals surface area (Å²) in [6, 6.07) is 0. The first-order valence-electron chi connectivity index (χ1n) is 7.30. The van der Waals surface area contributed by atoms with Crippen LogP contribution in [0.5, 0.6) is 0 Å². The van der Waals surface area contributed by atoms with Gasteiger partial charge in [0.25, 0.3) is 0 Å². The molecule has 2 atom stereocenters. The Morgan fingerprint density at radius 3 is 1.62 bits per heavy atom. The highest BCUT2D eigenvalue weighted by Crippen LogP contribution is 2.10. The van der Waals surface area contributed by atoms with E-state index < -0.39 is 0 Å². The highest BCUT2D eigenvalue weighted by atomic mass is 16.3. The summed E-state index contributed by atoms with van der Waals surface area (Å²) in [4.78, 5) is 0. The molecule has 2 unspecified atom stereocenters. The van der Waals surface area contributed by atoms with E-state index >= 15 is 0 Å². The van der Waals surface area contributed by atoms with Gasteiger partial charge in [0.15, 0.2) is 0 Å². The van der Waals surface area contributed by atoms with E-state index in [9.17, 15) is 0 Å². The van der Waals surface area contributed by atoms with Gasteiger partial charge in [-0.3, -0.25) is 0 Å². The van der Waals surface area contributed by atoms with Crippen LogP contribution in [0, 0.1) is 5.92 Å². The highest BCUT2D eigenvalue weighted by molar-refractivity contribution is 4.57. The maximum Gasteiger partial charge on any atom is 0.0540 e. The third kappa shape index (κ3) is 16.4. The van der Waals surface area contributed by atoms with Crippen molar-refractivity contribution in [2.45, 2.75) is 92.1 Å². The molecule has 0 bridgehead atoms. The summed E-state index contributed by atoms with van der Waals surface area (Å²) < 4.78 is 0. The lowest BCUT2D eigenvalue weighted by Gasteiger charge is -2.11. The van der Waals surface area contributed by atoms with Gasteiger partial charge in [-0.25, -0.2) is 0 Å². The smallest absolute Gasteiger partial charge is 0.0540 e. The monoisotopic (exact) mass is 230 g/mol. The summed E-state index contributed by atoms with van der Waals surface area (Å²) in [6.45, 7) is 10.9. The molecule has 0 rings (SSSR count). The van der Waals surface area contributed by atoms with E-state index in [1.807, 2.05) is 6.92 Å². The molecule has 0 saturated carbocycles. The van der Waals surface area contributed by atoms with E-state index in [1.165, 1.54) is 38.5 Å². The summed E-state index contributed by atoms with van der Waals surface area (Å²) in [5, 5.41) is 9.16. The van der Waals surface area contributed by atoms with Gasteiger partial charge in [-0.2, -0.15) is 0 Å². The van der Waals surface area contributed by atoms with Crippen molar-refractivity contribution in [1.82, 2.24) is 0 Å². The van der Waals surface area contributed by atoms with Crippen molar-refractivity contribution < 1.29 is 5.11 Å². The first-order valence-corrected chi connectivity index (χ1v) is 7.30. The second-order valence-electron chi connectivity index (χ2n) is 4.87. The number of hydrogen-bond donors (Lipinski definition) is 1. The molecule has 0 aliphatic carbocycles. The molecule has 1 heteroatoms. The minimum Gasteiger partial charge on any atom is -0.393 e. The van der Waals surface area contributed by atoms with Crippen LogP contribution in [0.4, 0.5) is 0 Å². The van der Waals surface area contributed by atoms with Crippen molar-refractivity contribution >= 4 is 0 Å². The third-order valence-electron chi connectivity index (χ3n) is 3.05. The van der Waals surface area contributed by atoms with Crippen molar-refractivity contribution in [3.63, 3.8) is 0 Å². The predicted octanol–water partition coefficient (Wildman–Crippen LogP) is 5.17. The second-order valence-corrected chi connectivity index (χ2v) is 4.87. The normalized spacial score (nSPS) is 13.9. The van der Waals surface area contributed by atoms with E-state index in [0.717, 1.165) is 12.8 Å². The molecule has 0 heterocycles. The summed E-state index contributed by atoms with van der Waals surface area (Å²) in [5.41, 5.74) is 0. The van der Waals surface area contributed by atoms with E-state index in [-0.39, 0.29) is 6.10 Å². The van der Waals surface area contributed by atoms with Crippen LogP contribution >= 0.6 is 0 Å². The van der Waals surface area contributed by atoms with Gasteiger partial charge in [0.1, 0.15) is 0 Å². The third-order valence-corrected chi connectivity index (χ3v) is 3.05. The van der Waals surface area contributed by atoms with Crippen LogP contribution in [0.2, 0.25) is 0 Å². The maximum absolute atomic E-state index is 9.16. The molecule has 0 aromatic rings. The molecule has 0 aromatic carbocycles. The Balaban J connectivity index is 0. The van der Waals surface area contributed by atoms with Crippen LogP contribution in [-0.2, 0) is 0 Å². The SMILES string of the molecule is CCC(C)CC(O)CC.CCCCCCC. The lowest BCUT2D eigenvalue weighted by atomic mass is 10.00. The van der Waals surface area contributed by atoms with Gasteiger partial charge in [0.2, 0.25) is 0 Å². The number of aliphatic hydroxyl groups excluding tert-OH is 1. The molecular weight excluding hydrogens is 196 g/mol. The van der Waals surface area contributed by atoms with Crippen molar-refractivity contribution in [3.05, 3.63) is 0 Å². The fraction of sp³-hybridized carbons (Fsp3) is 1.00. The van der Waals surface area contributed by atoms with Crippen LogP contribution in [0.15, 0.2) is 0 Å². The predicted molar refractivity (Wildman–Crippen MR) is 74.8 cm³/mol. The van der Waals surface area contributed by atoms with E-state index in [0.29, 0.717) is 5.92 Å². The summed E-state index contributed by atoms with van der Waals surface area (Å²) in [7, 11) is 0. The van der Waals surface area contributed by atoms with E-state index in [2.05, 4.69) is 27.7 Å². The number of hydrogen-bond acceptors (Lipinski definition) is 1. The van der Waals surface area contributed by atoms with Crippen LogP contribution in [0.25, 0.3) is 0 Å². The zero-order chi connectivity index (χ0) is 12.8. The van der Waals surface area contributed by atoms with Crippen LogP contribution in [0.1, 0.15) is 86.0 Å². The Morgan fingerprint density at radius 2 is 1.31 bits per heavy atom. The lowest BCUT2D eigenvalue weighted by molar-refractivity contribution is 0.140. The van der Waals surface area contributed by atoms with Gasteiger partial charge in [0.05, 0.1) is 6.10 Å². The quantitative estimate of drug-likeness (QED) is 0.570. The number of unbranched alkanes of at least 4 members (excludes halogenated alkanes) is 4. The molecule has 0 fully saturated rings. The van der Waals surface area contributed by atoms with Gasteiger partial charge < -0.3 is 5.11 Å². The van der Waals surface area contributed by atoms with Crippen LogP contribution in [0.3, 0.4) is 0 Å². The summed E-state index contributed by atoms with van der Waals surface area (Å²) >= 11 is 0. The zero-order valence-electron chi connectivity index (χ0n) is 12.3. The van der Waals surface area contributed by atoms with Gasteiger partial charge in [-0.1, -0.05) is 73.1 Å². The average molecular weight is 230 g/mol. The Labute approximate surface area is 104 Å². The Morgan fingerprint density at radius 1 is 0.812 bits per heavy atom. The standard InChI is InChI=1S/C8H18O.C7H16/c1-4-7(3)6-8(9)5-2;1-3-5-7-6-4-2/h7-9H,4-6H2,1-3H3;3-7H2,1-2H3. The van der Waals surface area contributed by atoms with E-state index in [4.69, 9.17) is 5.11 Å². The van der Waals surface area contributed by atoms with Crippen molar-refractivity contribution in [2.24, 2.45) is 5.92 Å². The largest absolute Gasteiger partial charge is 0.393 e. The molecule has 0 amide bonds. The topological polar surface area (TPSA) is 20.2 Å².